The molecule has 0 spiro atoms. The highest BCUT2D eigenvalue weighted by molar-refractivity contribution is 5.76. The molecule has 4 atom stereocenters. The number of rotatable bonds is 8. The van der Waals surface area contributed by atoms with Crippen LogP contribution in [0.3, 0.4) is 0 Å². The molecule has 0 aliphatic heterocycles. The average molecular weight is 424 g/mol. The Kier molecular flexibility index (Phi) is 7.80. The Morgan fingerprint density at radius 1 is 1.26 bits per heavy atom. The predicted octanol–water partition coefficient (Wildman–Crippen LogP) is 5.85. The van der Waals surface area contributed by atoms with Crippen molar-refractivity contribution in [3.8, 4) is 0 Å². The SMILES string of the molecule is Cc1cccc(CCC=C[C@@H]2[C@H]3CC(CCCC(=O)N(C)C(C)(C)C)=C[C@H]3C[C@H]2O)c1. The van der Waals surface area contributed by atoms with Gasteiger partial charge in [-0.3, -0.25) is 4.79 Å². The van der Waals surface area contributed by atoms with E-state index < -0.39 is 0 Å². The third kappa shape index (κ3) is 6.32. The number of aliphatic hydroxyl groups excluding tert-OH is 1. The summed E-state index contributed by atoms with van der Waals surface area (Å²) in [4.78, 5) is 14.2. The van der Waals surface area contributed by atoms with Gasteiger partial charge in [0.25, 0.3) is 0 Å². The number of aliphatic hydroxyl groups is 1. The van der Waals surface area contributed by atoms with Crippen LogP contribution in [0.1, 0.15) is 70.4 Å². The van der Waals surface area contributed by atoms with E-state index in [4.69, 9.17) is 0 Å². The molecular formula is C28H41NO2. The van der Waals surface area contributed by atoms with E-state index in [1.165, 1.54) is 16.7 Å². The minimum absolute atomic E-state index is 0.115. The minimum atomic E-state index is -0.218. The maximum atomic E-state index is 12.4. The summed E-state index contributed by atoms with van der Waals surface area (Å²) in [5.41, 5.74) is 4.07. The predicted molar refractivity (Wildman–Crippen MR) is 129 cm³/mol. The summed E-state index contributed by atoms with van der Waals surface area (Å²) in [6, 6.07) is 8.71. The summed E-state index contributed by atoms with van der Waals surface area (Å²) in [6.07, 6.45) is 13.3. The molecule has 0 bridgehead atoms. The molecule has 3 nitrogen and oxygen atoms in total. The van der Waals surface area contributed by atoms with E-state index in [9.17, 15) is 9.90 Å². The Labute approximate surface area is 189 Å². The molecule has 3 heteroatoms. The molecule has 1 aromatic rings. The molecule has 1 amide bonds. The van der Waals surface area contributed by atoms with Crippen LogP contribution in [0.15, 0.2) is 48.1 Å². The fourth-order valence-corrected chi connectivity index (χ4v) is 5.17. The number of fused-ring (bicyclic) bond motifs is 1. The molecule has 31 heavy (non-hydrogen) atoms. The van der Waals surface area contributed by atoms with E-state index in [1.807, 2.05) is 11.9 Å². The third-order valence-corrected chi connectivity index (χ3v) is 7.26. The van der Waals surface area contributed by atoms with Crippen molar-refractivity contribution in [2.75, 3.05) is 7.05 Å². The molecule has 0 heterocycles. The molecule has 1 fully saturated rings. The number of benzene rings is 1. The van der Waals surface area contributed by atoms with Crippen LogP contribution in [0, 0.1) is 24.7 Å². The first-order chi connectivity index (χ1) is 14.6. The number of allylic oxidation sites excluding steroid dienone is 3. The quantitative estimate of drug-likeness (QED) is 0.533. The van der Waals surface area contributed by atoms with Crippen molar-refractivity contribution in [3.63, 3.8) is 0 Å². The van der Waals surface area contributed by atoms with Gasteiger partial charge >= 0.3 is 0 Å². The second kappa shape index (κ2) is 10.2. The van der Waals surface area contributed by atoms with Crippen LogP contribution < -0.4 is 0 Å². The number of carbonyl (C=O) groups excluding carboxylic acids is 1. The maximum absolute atomic E-state index is 12.4. The fourth-order valence-electron chi connectivity index (χ4n) is 5.17. The molecule has 1 saturated carbocycles. The average Bonchev–Trinajstić information content (AvgIpc) is 3.20. The largest absolute Gasteiger partial charge is 0.392 e. The van der Waals surface area contributed by atoms with E-state index in [1.54, 1.807) is 0 Å². The minimum Gasteiger partial charge on any atom is -0.392 e. The van der Waals surface area contributed by atoms with Crippen molar-refractivity contribution in [2.45, 2.75) is 84.3 Å². The van der Waals surface area contributed by atoms with E-state index in [2.05, 4.69) is 70.2 Å². The normalized spacial score (nSPS) is 25.7. The number of nitrogens with zero attached hydrogens (tertiary/aromatic N) is 1. The van der Waals surface area contributed by atoms with Gasteiger partial charge in [0.1, 0.15) is 0 Å². The van der Waals surface area contributed by atoms with E-state index in [0.29, 0.717) is 18.3 Å². The lowest BCUT2D eigenvalue weighted by Gasteiger charge is -2.32. The van der Waals surface area contributed by atoms with Crippen molar-refractivity contribution in [3.05, 3.63) is 59.2 Å². The maximum Gasteiger partial charge on any atom is 0.222 e. The highest BCUT2D eigenvalue weighted by Crippen LogP contribution is 2.48. The zero-order chi connectivity index (χ0) is 22.6. The molecule has 0 saturated heterocycles. The van der Waals surface area contributed by atoms with Gasteiger partial charge in [0.05, 0.1) is 6.10 Å². The van der Waals surface area contributed by atoms with Crippen LogP contribution in [0.4, 0.5) is 0 Å². The summed E-state index contributed by atoms with van der Waals surface area (Å²) in [5.74, 6) is 1.54. The Bertz CT molecular complexity index is 817. The topological polar surface area (TPSA) is 40.5 Å². The van der Waals surface area contributed by atoms with Gasteiger partial charge in [-0.05, 0) is 83.6 Å². The van der Waals surface area contributed by atoms with Crippen molar-refractivity contribution in [2.24, 2.45) is 17.8 Å². The van der Waals surface area contributed by atoms with Crippen LogP contribution in [-0.2, 0) is 11.2 Å². The molecule has 0 unspecified atom stereocenters. The third-order valence-electron chi connectivity index (χ3n) is 7.26. The zero-order valence-electron chi connectivity index (χ0n) is 20.1. The van der Waals surface area contributed by atoms with Gasteiger partial charge < -0.3 is 10.0 Å². The smallest absolute Gasteiger partial charge is 0.222 e. The Morgan fingerprint density at radius 3 is 2.74 bits per heavy atom. The first-order valence-corrected chi connectivity index (χ1v) is 12.0. The molecule has 1 N–H and O–H groups in total. The summed E-state index contributed by atoms with van der Waals surface area (Å²) in [5, 5.41) is 10.6. The lowest BCUT2D eigenvalue weighted by molar-refractivity contribution is -0.134. The summed E-state index contributed by atoms with van der Waals surface area (Å²) < 4.78 is 0. The Hall–Kier alpha value is -1.87. The van der Waals surface area contributed by atoms with Crippen LogP contribution in [0.2, 0.25) is 0 Å². The monoisotopic (exact) mass is 423 g/mol. The van der Waals surface area contributed by atoms with Gasteiger partial charge in [0, 0.05) is 24.9 Å². The Balaban J connectivity index is 1.45. The Morgan fingerprint density at radius 2 is 2.03 bits per heavy atom. The molecule has 1 aromatic carbocycles. The lowest BCUT2D eigenvalue weighted by atomic mass is 9.88. The van der Waals surface area contributed by atoms with Crippen molar-refractivity contribution in [1.29, 1.82) is 0 Å². The van der Waals surface area contributed by atoms with Crippen molar-refractivity contribution < 1.29 is 9.90 Å². The van der Waals surface area contributed by atoms with Gasteiger partial charge in [-0.1, -0.05) is 53.6 Å². The fraction of sp³-hybridized carbons (Fsp3) is 0.607. The van der Waals surface area contributed by atoms with Crippen LogP contribution in [0.25, 0.3) is 0 Å². The summed E-state index contributed by atoms with van der Waals surface area (Å²) in [7, 11) is 1.90. The number of amides is 1. The van der Waals surface area contributed by atoms with Crippen molar-refractivity contribution >= 4 is 5.91 Å². The lowest BCUT2D eigenvalue weighted by Crippen LogP contribution is -2.42. The second-order valence-electron chi connectivity index (χ2n) is 10.7. The van der Waals surface area contributed by atoms with Crippen LogP contribution in [0.5, 0.6) is 0 Å². The van der Waals surface area contributed by atoms with Gasteiger partial charge in [0.15, 0.2) is 0 Å². The number of carbonyl (C=O) groups is 1. The molecule has 2 aliphatic carbocycles. The highest BCUT2D eigenvalue weighted by Gasteiger charge is 2.43. The van der Waals surface area contributed by atoms with Gasteiger partial charge in [-0.2, -0.15) is 0 Å². The highest BCUT2D eigenvalue weighted by atomic mass is 16.3. The van der Waals surface area contributed by atoms with E-state index in [0.717, 1.165) is 38.5 Å². The number of hydrogen-bond donors (Lipinski definition) is 1. The zero-order valence-corrected chi connectivity index (χ0v) is 20.1. The van der Waals surface area contributed by atoms with Gasteiger partial charge in [-0.15, -0.1) is 0 Å². The molecule has 0 radical (unpaired) electrons. The second-order valence-corrected chi connectivity index (χ2v) is 10.7. The molecule has 170 valence electrons. The van der Waals surface area contributed by atoms with E-state index in [-0.39, 0.29) is 23.5 Å². The van der Waals surface area contributed by atoms with Gasteiger partial charge in [0.2, 0.25) is 5.91 Å². The van der Waals surface area contributed by atoms with Crippen LogP contribution in [-0.4, -0.2) is 34.6 Å². The number of hydrogen-bond acceptors (Lipinski definition) is 2. The molecular weight excluding hydrogens is 382 g/mol. The molecule has 3 rings (SSSR count). The molecule has 0 aromatic heterocycles. The first kappa shape index (κ1) is 23.8. The summed E-state index contributed by atoms with van der Waals surface area (Å²) >= 11 is 0. The number of aryl methyl sites for hydroxylation is 2. The van der Waals surface area contributed by atoms with E-state index >= 15 is 0 Å². The molecule has 2 aliphatic rings. The van der Waals surface area contributed by atoms with Gasteiger partial charge in [-0.25, -0.2) is 0 Å². The van der Waals surface area contributed by atoms with Crippen LogP contribution >= 0.6 is 0 Å². The standard InChI is InChI=1S/C28H41NO2/c1-20-10-8-12-21(16-20)11-6-7-14-24-25-18-22(17-23(25)19-26(24)30)13-9-15-27(31)29(5)28(2,3)4/h7-8,10,12,14,16-17,23-26,30H,6,9,11,13,15,18-19H2,1-5H3/t23-,24+,25-,26+/m0/s1. The summed E-state index contributed by atoms with van der Waals surface area (Å²) in [6.45, 7) is 8.36. The van der Waals surface area contributed by atoms with Crippen molar-refractivity contribution in [1.82, 2.24) is 4.90 Å². The first-order valence-electron chi connectivity index (χ1n) is 12.0.